The highest BCUT2D eigenvalue weighted by Crippen LogP contribution is 2.19. The van der Waals surface area contributed by atoms with Gasteiger partial charge in [-0.2, -0.15) is 0 Å². The Morgan fingerprint density at radius 3 is 3.00 bits per heavy atom. The minimum Gasteiger partial charge on any atom is -0.374 e. The van der Waals surface area contributed by atoms with Crippen molar-refractivity contribution in [2.75, 3.05) is 26.2 Å². The summed E-state index contributed by atoms with van der Waals surface area (Å²) in [6.45, 7) is 8.41. The molecule has 0 aliphatic carbocycles. The number of aromatic nitrogens is 1. The first-order valence-electron chi connectivity index (χ1n) is 5.66. The first kappa shape index (κ1) is 12.0. The molecule has 16 heavy (non-hydrogen) atoms. The van der Waals surface area contributed by atoms with Crippen LogP contribution < -0.4 is 5.73 Å². The minimum absolute atomic E-state index is 0.191. The molecule has 1 saturated heterocycles. The topological polar surface area (TPSA) is 51.4 Å². The van der Waals surface area contributed by atoms with E-state index < -0.39 is 0 Å². The van der Waals surface area contributed by atoms with Gasteiger partial charge >= 0.3 is 0 Å². The normalized spacial score (nSPS) is 22.6. The first-order chi connectivity index (χ1) is 7.69. The molecule has 0 radical (unpaired) electrons. The highest BCUT2D eigenvalue weighted by Gasteiger charge is 2.20. The third-order valence-corrected chi connectivity index (χ3v) is 3.98. The van der Waals surface area contributed by atoms with Gasteiger partial charge in [-0.3, -0.25) is 4.90 Å². The fourth-order valence-corrected chi connectivity index (χ4v) is 2.84. The quantitative estimate of drug-likeness (QED) is 0.855. The summed E-state index contributed by atoms with van der Waals surface area (Å²) in [6.07, 6.45) is 0.191. The second-order valence-electron chi connectivity index (χ2n) is 4.21. The van der Waals surface area contributed by atoms with Crippen molar-refractivity contribution in [3.05, 3.63) is 15.6 Å². The maximum Gasteiger partial charge on any atom is 0.107 e. The molecule has 0 bridgehead atoms. The molecule has 1 aromatic rings. The van der Waals surface area contributed by atoms with Crippen molar-refractivity contribution in [2.45, 2.75) is 26.5 Å². The number of hydrogen-bond donors (Lipinski definition) is 1. The van der Waals surface area contributed by atoms with Crippen molar-refractivity contribution in [3.8, 4) is 0 Å². The van der Waals surface area contributed by atoms with Crippen LogP contribution >= 0.6 is 11.3 Å². The average molecular weight is 241 g/mol. The van der Waals surface area contributed by atoms with E-state index in [-0.39, 0.29) is 6.10 Å². The largest absolute Gasteiger partial charge is 0.374 e. The molecule has 2 N–H and O–H groups in total. The molecule has 0 unspecified atom stereocenters. The zero-order valence-electron chi connectivity index (χ0n) is 9.90. The molecule has 4 nitrogen and oxygen atoms in total. The summed E-state index contributed by atoms with van der Waals surface area (Å²) in [7, 11) is 0. The average Bonchev–Trinajstić information content (AvgIpc) is 2.58. The maximum absolute atomic E-state index is 5.62. The predicted molar refractivity (Wildman–Crippen MR) is 65.7 cm³/mol. The lowest BCUT2D eigenvalue weighted by molar-refractivity contribution is -0.0260. The Labute approximate surface area is 100 Å². The van der Waals surface area contributed by atoms with Gasteiger partial charge in [-0.15, -0.1) is 11.3 Å². The van der Waals surface area contributed by atoms with Crippen LogP contribution in [0, 0.1) is 13.8 Å². The van der Waals surface area contributed by atoms with Crippen molar-refractivity contribution in [1.29, 1.82) is 0 Å². The molecule has 1 aromatic heterocycles. The number of nitrogens with two attached hydrogens (primary N) is 1. The Morgan fingerprint density at radius 1 is 1.56 bits per heavy atom. The molecule has 90 valence electrons. The molecule has 1 fully saturated rings. The van der Waals surface area contributed by atoms with E-state index in [0.717, 1.165) is 31.9 Å². The molecule has 2 heterocycles. The third kappa shape index (κ3) is 2.79. The van der Waals surface area contributed by atoms with E-state index in [0.29, 0.717) is 6.54 Å². The number of thiazole rings is 1. The van der Waals surface area contributed by atoms with Gasteiger partial charge in [0.25, 0.3) is 0 Å². The molecule has 1 aliphatic heterocycles. The lowest BCUT2D eigenvalue weighted by atomic mass is 10.3. The Balaban J connectivity index is 1.93. The van der Waals surface area contributed by atoms with Crippen LogP contribution in [0.25, 0.3) is 0 Å². The van der Waals surface area contributed by atoms with Crippen molar-refractivity contribution < 1.29 is 4.74 Å². The molecule has 0 spiro atoms. The second-order valence-corrected chi connectivity index (χ2v) is 5.50. The molecule has 1 atom stereocenters. The Morgan fingerprint density at radius 2 is 2.38 bits per heavy atom. The highest BCUT2D eigenvalue weighted by atomic mass is 32.1. The third-order valence-electron chi connectivity index (χ3n) is 2.92. The summed E-state index contributed by atoms with van der Waals surface area (Å²) >= 11 is 1.79. The van der Waals surface area contributed by atoms with Gasteiger partial charge in [0.1, 0.15) is 5.01 Å². The molecule has 5 heteroatoms. The number of hydrogen-bond acceptors (Lipinski definition) is 5. The van der Waals surface area contributed by atoms with E-state index in [1.807, 2.05) is 0 Å². The molecular formula is C11H19N3OS. The zero-order valence-corrected chi connectivity index (χ0v) is 10.7. The van der Waals surface area contributed by atoms with Crippen molar-refractivity contribution in [1.82, 2.24) is 9.88 Å². The van der Waals surface area contributed by atoms with Crippen LogP contribution in [0.1, 0.15) is 15.6 Å². The molecule has 0 aromatic carbocycles. The van der Waals surface area contributed by atoms with E-state index in [4.69, 9.17) is 10.5 Å². The molecule has 0 saturated carbocycles. The van der Waals surface area contributed by atoms with Crippen molar-refractivity contribution in [2.24, 2.45) is 5.73 Å². The lowest BCUT2D eigenvalue weighted by Crippen LogP contribution is -2.45. The van der Waals surface area contributed by atoms with Crippen LogP contribution in [-0.2, 0) is 11.3 Å². The van der Waals surface area contributed by atoms with Crippen LogP contribution in [0.5, 0.6) is 0 Å². The number of morpholine rings is 1. The lowest BCUT2D eigenvalue weighted by Gasteiger charge is -2.31. The smallest absolute Gasteiger partial charge is 0.107 e. The highest BCUT2D eigenvalue weighted by molar-refractivity contribution is 7.11. The van der Waals surface area contributed by atoms with Crippen molar-refractivity contribution in [3.63, 3.8) is 0 Å². The van der Waals surface area contributed by atoms with Crippen LogP contribution in [0.2, 0.25) is 0 Å². The molecular weight excluding hydrogens is 222 g/mol. The number of aryl methyl sites for hydroxylation is 2. The fourth-order valence-electron chi connectivity index (χ4n) is 1.86. The van der Waals surface area contributed by atoms with Gasteiger partial charge in [-0.1, -0.05) is 0 Å². The summed E-state index contributed by atoms with van der Waals surface area (Å²) in [4.78, 5) is 8.25. The van der Waals surface area contributed by atoms with E-state index in [1.54, 1.807) is 11.3 Å². The van der Waals surface area contributed by atoms with Crippen LogP contribution in [0.3, 0.4) is 0 Å². The summed E-state index contributed by atoms with van der Waals surface area (Å²) in [6, 6.07) is 0. The molecule has 1 aliphatic rings. The Hall–Kier alpha value is -0.490. The van der Waals surface area contributed by atoms with Gasteiger partial charge in [0.05, 0.1) is 24.9 Å². The molecule has 2 rings (SSSR count). The summed E-state index contributed by atoms with van der Waals surface area (Å²) in [5, 5.41) is 1.20. The van der Waals surface area contributed by atoms with Gasteiger partial charge in [0.15, 0.2) is 0 Å². The van der Waals surface area contributed by atoms with E-state index >= 15 is 0 Å². The number of rotatable bonds is 3. The summed E-state index contributed by atoms with van der Waals surface area (Å²) in [5.41, 5.74) is 6.78. The number of nitrogens with zero attached hydrogens (tertiary/aromatic N) is 2. The van der Waals surface area contributed by atoms with Gasteiger partial charge in [0.2, 0.25) is 0 Å². The van der Waals surface area contributed by atoms with Gasteiger partial charge in [0, 0.05) is 24.5 Å². The second kappa shape index (κ2) is 5.23. The van der Waals surface area contributed by atoms with Gasteiger partial charge in [-0.25, -0.2) is 4.98 Å². The van der Waals surface area contributed by atoms with Crippen molar-refractivity contribution >= 4 is 11.3 Å². The summed E-state index contributed by atoms with van der Waals surface area (Å²) < 4.78 is 5.54. The minimum atomic E-state index is 0.191. The van der Waals surface area contributed by atoms with Gasteiger partial charge in [-0.05, 0) is 13.8 Å². The van der Waals surface area contributed by atoms with Crippen LogP contribution in [0.4, 0.5) is 0 Å². The Bertz CT molecular complexity index is 333. The Kier molecular flexibility index (Phi) is 3.91. The zero-order chi connectivity index (χ0) is 11.5. The standard InChI is InChI=1S/C11H19N3OS/c1-8-9(2)16-11(13-8)7-14-3-4-15-10(5-12)6-14/h10H,3-7,12H2,1-2H3/t10-/m1/s1. The van der Waals surface area contributed by atoms with E-state index in [9.17, 15) is 0 Å². The number of ether oxygens (including phenoxy) is 1. The van der Waals surface area contributed by atoms with Gasteiger partial charge < -0.3 is 10.5 Å². The maximum atomic E-state index is 5.62. The van der Waals surface area contributed by atoms with E-state index in [1.165, 1.54) is 9.88 Å². The molecule has 0 amide bonds. The van der Waals surface area contributed by atoms with Crippen LogP contribution in [-0.4, -0.2) is 42.2 Å². The monoisotopic (exact) mass is 241 g/mol. The van der Waals surface area contributed by atoms with E-state index in [2.05, 4.69) is 23.7 Å². The summed E-state index contributed by atoms with van der Waals surface area (Å²) in [5.74, 6) is 0. The fraction of sp³-hybridized carbons (Fsp3) is 0.727. The van der Waals surface area contributed by atoms with Crippen LogP contribution in [0.15, 0.2) is 0 Å². The SMILES string of the molecule is Cc1nc(CN2CCO[C@H](CN)C2)sc1C. The predicted octanol–water partition coefficient (Wildman–Crippen LogP) is 0.919. The first-order valence-corrected chi connectivity index (χ1v) is 6.47.